The van der Waals surface area contributed by atoms with Crippen molar-refractivity contribution in [2.75, 3.05) is 13.1 Å². The average molecular weight is 251 g/mol. The average Bonchev–Trinajstić information content (AvgIpc) is 2.15. The van der Waals surface area contributed by atoms with E-state index in [9.17, 15) is 0 Å². The molecule has 0 heterocycles. The predicted molar refractivity (Wildman–Crippen MR) is 62.6 cm³/mol. The molecular weight excluding hydrogens is 224 g/mol. The zero-order valence-corrected chi connectivity index (χ0v) is 13.6. The second kappa shape index (κ2) is 16.0. The van der Waals surface area contributed by atoms with Crippen LogP contribution in [0.1, 0.15) is 47.0 Å². The van der Waals surface area contributed by atoms with Gasteiger partial charge in [-0.3, -0.25) is 0 Å². The zero-order chi connectivity index (χ0) is 10.7. The van der Waals surface area contributed by atoms with E-state index in [2.05, 4.69) is 39.5 Å². The van der Waals surface area contributed by atoms with Crippen LogP contribution >= 0.6 is 0 Å². The number of hydrogen-bond donors (Lipinski definition) is 0. The van der Waals surface area contributed by atoms with Crippen molar-refractivity contribution in [1.29, 1.82) is 0 Å². The third-order valence-electron chi connectivity index (χ3n) is 1.94. The molecule has 0 amide bonds. The van der Waals surface area contributed by atoms with E-state index >= 15 is 0 Å². The summed E-state index contributed by atoms with van der Waals surface area (Å²) in [7, 11) is 0. The van der Waals surface area contributed by atoms with Gasteiger partial charge in [0.25, 0.3) is 0 Å². The summed E-state index contributed by atoms with van der Waals surface area (Å²) in [6.07, 6.45) is 3.56. The van der Waals surface area contributed by atoms with Gasteiger partial charge in [0, 0.05) is 6.04 Å². The first-order chi connectivity index (χ1) is 6.22. The van der Waals surface area contributed by atoms with Crippen molar-refractivity contribution < 1.29 is 19.5 Å². The molecular formula is C12H27NZn. The Morgan fingerprint density at radius 1 is 1.14 bits per heavy atom. The standard InChI is InChI=1S/C10H22N.C2H5.Zn/c1-5-7-9-11(8-6-2)10(3)4;1-2;/h10H,1,5-9H2,2-4H3;1H2,2H3;/q2*-1;+2. The van der Waals surface area contributed by atoms with Crippen molar-refractivity contribution in [2.45, 2.75) is 53.0 Å². The van der Waals surface area contributed by atoms with Crippen molar-refractivity contribution in [3.63, 3.8) is 0 Å². The molecule has 0 rings (SSSR count). The van der Waals surface area contributed by atoms with Gasteiger partial charge in [-0.2, -0.15) is 13.3 Å². The minimum absolute atomic E-state index is 0. The molecule has 0 spiro atoms. The first-order valence-corrected chi connectivity index (χ1v) is 5.46. The Hall–Kier alpha value is 0.583. The van der Waals surface area contributed by atoms with E-state index in [0.29, 0.717) is 6.04 Å². The second-order valence-electron chi connectivity index (χ2n) is 3.34. The van der Waals surface area contributed by atoms with Gasteiger partial charge in [-0.1, -0.05) is 13.3 Å². The van der Waals surface area contributed by atoms with Crippen LogP contribution < -0.4 is 0 Å². The SMILES string of the molecule is [CH2-]C.[CH2-]CCCN(CCC)C(C)C.[Zn+2]. The van der Waals surface area contributed by atoms with E-state index in [0.717, 1.165) is 6.42 Å². The largest absolute Gasteiger partial charge is 2.00 e. The van der Waals surface area contributed by atoms with Gasteiger partial charge in [0.1, 0.15) is 0 Å². The monoisotopic (exact) mass is 249 g/mol. The number of unbranched alkanes of at least 4 members (excludes halogenated alkanes) is 1. The van der Waals surface area contributed by atoms with Crippen LogP contribution in [0.4, 0.5) is 0 Å². The minimum Gasteiger partial charge on any atom is -0.346 e. The Kier molecular flexibility index (Phi) is 23.0. The van der Waals surface area contributed by atoms with Crippen LogP contribution in [-0.4, -0.2) is 24.0 Å². The molecule has 0 aliphatic rings. The molecule has 0 N–H and O–H groups in total. The minimum atomic E-state index is 0. The van der Waals surface area contributed by atoms with E-state index in [1.54, 1.807) is 6.92 Å². The Bertz CT molecular complexity index is 84.4. The summed E-state index contributed by atoms with van der Waals surface area (Å²) in [5.41, 5.74) is 0. The Morgan fingerprint density at radius 2 is 1.64 bits per heavy atom. The molecule has 14 heavy (non-hydrogen) atoms. The van der Waals surface area contributed by atoms with E-state index in [-0.39, 0.29) is 19.5 Å². The van der Waals surface area contributed by atoms with Crippen LogP contribution in [0, 0.1) is 13.8 Å². The molecule has 0 saturated heterocycles. The maximum atomic E-state index is 3.85. The van der Waals surface area contributed by atoms with E-state index in [1.807, 2.05) is 0 Å². The number of nitrogens with zero attached hydrogens (tertiary/aromatic N) is 1. The molecule has 0 aromatic rings. The zero-order valence-electron chi connectivity index (χ0n) is 10.7. The molecule has 0 unspecified atom stereocenters. The summed E-state index contributed by atoms with van der Waals surface area (Å²) in [4.78, 5) is 2.52. The first-order valence-electron chi connectivity index (χ1n) is 5.46. The Labute approximate surface area is 104 Å². The fourth-order valence-corrected chi connectivity index (χ4v) is 1.23. The second-order valence-corrected chi connectivity index (χ2v) is 3.34. The maximum Gasteiger partial charge on any atom is 2.00 e. The van der Waals surface area contributed by atoms with Gasteiger partial charge in [-0.25, -0.2) is 0 Å². The molecule has 0 fully saturated rings. The van der Waals surface area contributed by atoms with E-state index < -0.39 is 0 Å². The van der Waals surface area contributed by atoms with Crippen molar-refractivity contribution in [3.05, 3.63) is 13.8 Å². The molecule has 0 aromatic heterocycles. The predicted octanol–water partition coefficient (Wildman–Crippen LogP) is 3.56. The number of hydrogen-bond acceptors (Lipinski definition) is 1. The summed E-state index contributed by atoms with van der Waals surface area (Å²) in [5.74, 6) is 0. The van der Waals surface area contributed by atoms with Gasteiger partial charge in [0.15, 0.2) is 0 Å². The third kappa shape index (κ3) is 12.6. The molecule has 1 nitrogen and oxygen atoms in total. The van der Waals surface area contributed by atoms with Crippen LogP contribution in [0.5, 0.6) is 0 Å². The molecule has 0 aromatic carbocycles. The van der Waals surface area contributed by atoms with Crippen molar-refractivity contribution in [3.8, 4) is 0 Å². The van der Waals surface area contributed by atoms with Crippen LogP contribution in [0.3, 0.4) is 0 Å². The van der Waals surface area contributed by atoms with E-state index in [4.69, 9.17) is 0 Å². The van der Waals surface area contributed by atoms with Gasteiger partial charge in [0.05, 0.1) is 0 Å². The molecule has 0 aliphatic carbocycles. The smallest absolute Gasteiger partial charge is 0.346 e. The maximum absolute atomic E-state index is 3.85. The quantitative estimate of drug-likeness (QED) is 0.515. The molecule has 82 valence electrons. The van der Waals surface area contributed by atoms with Gasteiger partial charge >= 0.3 is 19.5 Å². The van der Waals surface area contributed by atoms with Crippen LogP contribution in [0.2, 0.25) is 0 Å². The van der Waals surface area contributed by atoms with Gasteiger partial charge < -0.3 is 18.7 Å². The van der Waals surface area contributed by atoms with E-state index in [1.165, 1.54) is 25.9 Å². The fraction of sp³-hybridized carbons (Fsp3) is 0.833. The Balaban J connectivity index is -0.000000376. The summed E-state index contributed by atoms with van der Waals surface area (Å²) in [6.45, 7) is 18.1. The summed E-state index contributed by atoms with van der Waals surface area (Å²) < 4.78 is 0. The third-order valence-corrected chi connectivity index (χ3v) is 1.94. The first kappa shape index (κ1) is 20.1. The van der Waals surface area contributed by atoms with Gasteiger partial charge in [-0.05, 0) is 33.4 Å². The molecule has 2 heteroatoms. The molecule has 0 aliphatic heterocycles. The Morgan fingerprint density at radius 3 is 1.93 bits per heavy atom. The van der Waals surface area contributed by atoms with Crippen molar-refractivity contribution in [2.24, 2.45) is 0 Å². The van der Waals surface area contributed by atoms with Gasteiger partial charge in [-0.15, -0.1) is 0 Å². The topological polar surface area (TPSA) is 3.24 Å². The van der Waals surface area contributed by atoms with Crippen LogP contribution in [0.25, 0.3) is 0 Å². The summed E-state index contributed by atoms with van der Waals surface area (Å²) in [5, 5.41) is 0. The van der Waals surface area contributed by atoms with Crippen LogP contribution in [-0.2, 0) is 19.5 Å². The normalized spacial score (nSPS) is 9.43. The van der Waals surface area contributed by atoms with Crippen molar-refractivity contribution >= 4 is 0 Å². The summed E-state index contributed by atoms with van der Waals surface area (Å²) >= 11 is 0. The van der Waals surface area contributed by atoms with Crippen molar-refractivity contribution in [1.82, 2.24) is 4.90 Å². The molecule has 0 saturated carbocycles. The summed E-state index contributed by atoms with van der Waals surface area (Å²) in [6, 6.07) is 0.696. The molecule has 0 atom stereocenters. The number of rotatable bonds is 6. The van der Waals surface area contributed by atoms with Gasteiger partial charge in [0.2, 0.25) is 0 Å². The molecule has 0 bridgehead atoms. The molecule has 0 radical (unpaired) electrons. The fourth-order valence-electron chi connectivity index (χ4n) is 1.23. The van der Waals surface area contributed by atoms with Crippen LogP contribution in [0.15, 0.2) is 0 Å².